The van der Waals surface area contributed by atoms with Crippen LogP contribution in [0.15, 0.2) is 42.7 Å². The van der Waals surface area contributed by atoms with Gasteiger partial charge in [-0.2, -0.15) is 10.2 Å². The molecule has 0 bridgehead atoms. The lowest BCUT2D eigenvalue weighted by molar-refractivity contribution is 0.148. The molecule has 4 heterocycles. The van der Waals surface area contributed by atoms with E-state index < -0.39 is 0 Å². The lowest BCUT2D eigenvalue weighted by atomic mass is 9.93. The third-order valence-corrected chi connectivity index (χ3v) is 8.45. The summed E-state index contributed by atoms with van der Waals surface area (Å²) >= 11 is 0. The number of fused-ring (bicyclic) bond motifs is 1. The second kappa shape index (κ2) is 11.6. The number of piperazine rings is 1. The van der Waals surface area contributed by atoms with E-state index in [-0.39, 0.29) is 6.10 Å². The minimum Gasteiger partial charge on any atom is -0.487 e. The van der Waals surface area contributed by atoms with Crippen LogP contribution in [0.1, 0.15) is 43.9 Å². The Morgan fingerprint density at radius 2 is 1.73 bits per heavy atom. The average molecular weight is 543 g/mol. The van der Waals surface area contributed by atoms with Crippen molar-refractivity contribution in [1.82, 2.24) is 34.3 Å². The molecule has 1 saturated heterocycles. The van der Waals surface area contributed by atoms with Gasteiger partial charge in [0, 0.05) is 75.6 Å². The zero-order valence-corrected chi connectivity index (χ0v) is 24.3. The maximum absolute atomic E-state index is 6.24. The Balaban J connectivity index is 1.10. The van der Waals surface area contributed by atoms with E-state index in [1.807, 2.05) is 31.0 Å². The summed E-state index contributed by atoms with van der Waals surface area (Å²) in [5, 5.41) is 14.2. The Hall–Kier alpha value is -3.43. The molecule has 0 radical (unpaired) electrons. The van der Waals surface area contributed by atoms with Crippen molar-refractivity contribution in [1.29, 1.82) is 0 Å². The van der Waals surface area contributed by atoms with Crippen LogP contribution < -0.4 is 10.1 Å². The summed E-state index contributed by atoms with van der Waals surface area (Å²) in [6, 6.07) is 11.5. The van der Waals surface area contributed by atoms with E-state index in [9.17, 15) is 0 Å². The van der Waals surface area contributed by atoms with Crippen molar-refractivity contribution >= 4 is 16.7 Å². The largest absolute Gasteiger partial charge is 0.487 e. The fourth-order valence-electron chi connectivity index (χ4n) is 6.04. The van der Waals surface area contributed by atoms with Gasteiger partial charge in [-0.1, -0.05) is 24.3 Å². The summed E-state index contributed by atoms with van der Waals surface area (Å²) in [5.41, 5.74) is 5.58. The van der Waals surface area contributed by atoms with E-state index in [2.05, 4.69) is 69.2 Å². The number of hydrogen-bond donors (Lipinski definition) is 1. The van der Waals surface area contributed by atoms with Gasteiger partial charge < -0.3 is 15.0 Å². The summed E-state index contributed by atoms with van der Waals surface area (Å²) < 4.78 is 10.2. The third-order valence-electron chi connectivity index (χ3n) is 8.45. The Labute approximate surface area is 237 Å². The quantitative estimate of drug-likeness (QED) is 0.346. The molecule has 1 N–H and O–H groups in total. The van der Waals surface area contributed by atoms with Crippen LogP contribution in [0, 0.1) is 6.92 Å². The number of nitrogens with zero attached hydrogens (tertiary/aromatic N) is 7. The highest BCUT2D eigenvalue weighted by atomic mass is 16.5. The van der Waals surface area contributed by atoms with Crippen molar-refractivity contribution in [2.24, 2.45) is 7.05 Å². The molecule has 2 fully saturated rings. The molecule has 1 aliphatic carbocycles. The van der Waals surface area contributed by atoms with Crippen LogP contribution in [-0.2, 0) is 20.1 Å². The van der Waals surface area contributed by atoms with Crippen molar-refractivity contribution in [2.75, 3.05) is 38.5 Å². The van der Waals surface area contributed by atoms with Crippen LogP contribution in [0.2, 0.25) is 0 Å². The second-order valence-electron chi connectivity index (χ2n) is 11.5. The molecule has 1 aliphatic heterocycles. The van der Waals surface area contributed by atoms with Gasteiger partial charge >= 0.3 is 0 Å². The third kappa shape index (κ3) is 5.86. The minimum atomic E-state index is 0.244. The molecule has 9 nitrogen and oxygen atoms in total. The van der Waals surface area contributed by atoms with Crippen LogP contribution in [0.3, 0.4) is 0 Å². The molecule has 0 unspecified atom stereocenters. The van der Waals surface area contributed by atoms with Gasteiger partial charge in [-0.15, -0.1) is 0 Å². The highest BCUT2D eigenvalue weighted by Gasteiger charge is 2.24. The van der Waals surface area contributed by atoms with Crippen molar-refractivity contribution in [3.8, 4) is 17.0 Å². The van der Waals surface area contributed by atoms with Crippen molar-refractivity contribution < 1.29 is 4.74 Å². The molecule has 6 rings (SSSR count). The van der Waals surface area contributed by atoms with E-state index >= 15 is 0 Å². The Morgan fingerprint density at radius 3 is 2.40 bits per heavy atom. The predicted molar refractivity (Wildman–Crippen MR) is 160 cm³/mol. The fourth-order valence-corrected chi connectivity index (χ4v) is 6.04. The van der Waals surface area contributed by atoms with Crippen molar-refractivity contribution in [3.63, 3.8) is 0 Å². The SMILES string of the molecule is CCn1nc(-c2ccc(CN3CCN(C)CC3)cc2)c2cnc(NC3CCC(Oc4cn(C)nc4C)CC3)cc21. The molecule has 2 aliphatic rings. The number of anilines is 1. The van der Waals surface area contributed by atoms with E-state index in [1.165, 1.54) is 5.56 Å². The molecule has 4 aromatic rings. The average Bonchev–Trinajstić information content (AvgIpc) is 3.49. The summed E-state index contributed by atoms with van der Waals surface area (Å²) in [7, 11) is 4.14. The van der Waals surface area contributed by atoms with E-state index in [0.717, 1.165) is 104 Å². The van der Waals surface area contributed by atoms with Crippen molar-refractivity contribution in [3.05, 3.63) is 54.0 Å². The summed E-state index contributed by atoms with van der Waals surface area (Å²) in [6.07, 6.45) is 8.36. The molecule has 3 aromatic heterocycles. The van der Waals surface area contributed by atoms with Crippen LogP contribution in [0.25, 0.3) is 22.2 Å². The standard InChI is InChI=1S/C31H42N8O/c1-5-39-28-18-30(33-25-10-12-26(13-11-25)40-29-21-37(4)34-22(29)2)32-19-27(28)31(35-39)24-8-6-23(7-9-24)20-38-16-14-36(3)15-17-38/h6-9,18-19,21,25-26H,5,10-17,20H2,1-4H3,(H,32,33). The number of nitrogens with one attached hydrogen (secondary N) is 1. The molecule has 1 saturated carbocycles. The first-order chi connectivity index (χ1) is 19.4. The van der Waals surface area contributed by atoms with Gasteiger partial charge in [0.15, 0.2) is 5.75 Å². The number of rotatable bonds is 8. The first kappa shape index (κ1) is 26.8. The number of hydrogen-bond acceptors (Lipinski definition) is 7. The Bertz CT molecular complexity index is 1430. The monoisotopic (exact) mass is 542 g/mol. The zero-order chi connectivity index (χ0) is 27.6. The van der Waals surface area contributed by atoms with Gasteiger partial charge in [-0.3, -0.25) is 14.3 Å². The van der Waals surface area contributed by atoms with Crippen LogP contribution in [-0.4, -0.2) is 79.7 Å². The number of pyridine rings is 1. The predicted octanol–water partition coefficient (Wildman–Crippen LogP) is 4.71. The van der Waals surface area contributed by atoms with Gasteiger partial charge in [0.25, 0.3) is 0 Å². The van der Waals surface area contributed by atoms with Gasteiger partial charge in [0.1, 0.15) is 17.2 Å². The number of benzene rings is 1. The molecule has 1 aromatic carbocycles. The topological polar surface area (TPSA) is 76.3 Å². The van der Waals surface area contributed by atoms with Gasteiger partial charge in [0.05, 0.1) is 17.8 Å². The Morgan fingerprint density at radius 1 is 0.975 bits per heavy atom. The van der Waals surface area contributed by atoms with E-state index in [1.54, 1.807) is 0 Å². The fraction of sp³-hybridized carbons (Fsp3) is 0.516. The Kier molecular flexibility index (Phi) is 7.76. The molecule has 0 spiro atoms. The van der Waals surface area contributed by atoms with Gasteiger partial charge in [-0.25, -0.2) is 4.98 Å². The minimum absolute atomic E-state index is 0.244. The smallest absolute Gasteiger partial charge is 0.160 e. The molecule has 212 valence electrons. The maximum Gasteiger partial charge on any atom is 0.160 e. The van der Waals surface area contributed by atoms with Crippen LogP contribution in [0.4, 0.5) is 5.82 Å². The number of ether oxygens (including phenoxy) is 1. The van der Waals surface area contributed by atoms with E-state index in [4.69, 9.17) is 14.8 Å². The van der Waals surface area contributed by atoms with Crippen LogP contribution >= 0.6 is 0 Å². The first-order valence-corrected chi connectivity index (χ1v) is 14.8. The zero-order valence-electron chi connectivity index (χ0n) is 24.3. The normalized spacial score (nSPS) is 20.7. The van der Waals surface area contributed by atoms with Crippen LogP contribution in [0.5, 0.6) is 5.75 Å². The maximum atomic E-state index is 6.24. The summed E-state index contributed by atoms with van der Waals surface area (Å²) in [5.74, 6) is 1.82. The molecular formula is C31H42N8O. The number of likely N-dealkylation sites (N-methyl/N-ethyl adjacent to an activating group) is 1. The molecule has 9 heteroatoms. The lowest BCUT2D eigenvalue weighted by Crippen LogP contribution is -2.43. The molecule has 0 atom stereocenters. The highest BCUT2D eigenvalue weighted by molar-refractivity contribution is 5.94. The molecular weight excluding hydrogens is 500 g/mol. The van der Waals surface area contributed by atoms with Crippen molar-refractivity contribution in [2.45, 2.75) is 64.8 Å². The van der Waals surface area contributed by atoms with Gasteiger partial charge in [0.2, 0.25) is 0 Å². The first-order valence-electron chi connectivity index (χ1n) is 14.8. The molecule has 40 heavy (non-hydrogen) atoms. The highest BCUT2D eigenvalue weighted by Crippen LogP contribution is 2.31. The lowest BCUT2D eigenvalue weighted by Gasteiger charge is -2.32. The number of aryl methyl sites for hydroxylation is 3. The summed E-state index contributed by atoms with van der Waals surface area (Å²) in [4.78, 5) is 9.76. The molecule has 0 amide bonds. The van der Waals surface area contributed by atoms with E-state index in [0.29, 0.717) is 6.04 Å². The number of aromatic nitrogens is 5. The second-order valence-corrected chi connectivity index (χ2v) is 11.5. The van der Waals surface area contributed by atoms with Gasteiger partial charge in [-0.05, 0) is 52.1 Å². The summed E-state index contributed by atoms with van der Waals surface area (Å²) in [6.45, 7) is 10.5.